The van der Waals surface area contributed by atoms with Crippen molar-refractivity contribution in [1.82, 2.24) is 4.98 Å². The second-order valence-electron chi connectivity index (χ2n) is 2.51. The molecule has 1 N–H and O–H groups in total. The minimum absolute atomic E-state index is 0.150. The summed E-state index contributed by atoms with van der Waals surface area (Å²) in [6, 6.07) is 2.88. The zero-order valence-corrected chi connectivity index (χ0v) is 9.01. The van der Waals surface area contributed by atoms with Crippen LogP contribution >= 0.6 is 22.6 Å². The van der Waals surface area contributed by atoms with Crippen LogP contribution in [-0.2, 0) is 6.42 Å². The molecule has 0 unspecified atom stereocenters. The van der Waals surface area contributed by atoms with Crippen LogP contribution in [0, 0.1) is 15.0 Å². The zero-order valence-electron chi connectivity index (χ0n) is 6.85. The molecule has 0 aliphatic rings. The van der Waals surface area contributed by atoms with E-state index in [4.69, 9.17) is 5.26 Å². The molecule has 1 rings (SSSR count). The molecule has 0 amide bonds. The van der Waals surface area contributed by atoms with Crippen molar-refractivity contribution in [3.8, 4) is 6.07 Å². The van der Waals surface area contributed by atoms with Gasteiger partial charge < -0.3 is 4.98 Å². The molecule has 0 spiro atoms. The Morgan fingerprint density at radius 1 is 1.64 bits per heavy atom. The lowest BCUT2D eigenvalue weighted by Crippen LogP contribution is -2.14. The fraction of sp³-hybridized carbons (Fsp3) is 0.250. The molecule has 0 atom stereocenters. The molecule has 1 aromatic heterocycles. The van der Waals surface area contributed by atoms with Crippen LogP contribution in [0.3, 0.4) is 0 Å². The van der Waals surface area contributed by atoms with E-state index in [1.54, 1.807) is 28.7 Å². The van der Waals surface area contributed by atoms with Crippen LogP contribution in [0.1, 0.15) is 17.7 Å². The van der Waals surface area contributed by atoms with Gasteiger partial charge in [0.2, 0.25) is 0 Å². The van der Waals surface area contributed by atoms with Crippen LogP contribution in [0.15, 0.2) is 10.9 Å². The maximum atomic E-state index is 12.4. The number of alkyl halides is 2. The number of rotatable bonds is 2. The van der Waals surface area contributed by atoms with E-state index < -0.39 is 17.5 Å². The summed E-state index contributed by atoms with van der Waals surface area (Å²) in [6.07, 6.45) is -3.06. The van der Waals surface area contributed by atoms with Gasteiger partial charge in [0.15, 0.2) is 5.43 Å². The van der Waals surface area contributed by atoms with Crippen LogP contribution in [0.5, 0.6) is 0 Å². The van der Waals surface area contributed by atoms with Gasteiger partial charge in [-0.05, 0) is 22.6 Å². The molecule has 0 bridgehead atoms. The van der Waals surface area contributed by atoms with Crippen molar-refractivity contribution in [2.24, 2.45) is 0 Å². The number of aromatic amines is 1. The predicted molar refractivity (Wildman–Crippen MR) is 54.1 cm³/mol. The van der Waals surface area contributed by atoms with Crippen LogP contribution in [0.4, 0.5) is 8.78 Å². The molecule has 0 saturated heterocycles. The molecule has 0 aliphatic heterocycles. The Balaban J connectivity index is 3.38. The van der Waals surface area contributed by atoms with Crippen molar-refractivity contribution in [2.75, 3.05) is 0 Å². The van der Waals surface area contributed by atoms with Gasteiger partial charge in [0.25, 0.3) is 6.43 Å². The number of hydrogen-bond donors (Lipinski definition) is 1. The summed E-state index contributed by atoms with van der Waals surface area (Å²) >= 11 is 1.74. The Hall–Kier alpha value is -0.970. The van der Waals surface area contributed by atoms with Gasteiger partial charge >= 0.3 is 0 Å². The van der Waals surface area contributed by atoms with Crippen LogP contribution in [0.2, 0.25) is 0 Å². The Kier molecular flexibility index (Phi) is 3.57. The highest BCUT2D eigenvalue weighted by Gasteiger charge is 2.16. The van der Waals surface area contributed by atoms with E-state index in [1.165, 1.54) is 6.07 Å². The summed E-state index contributed by atoms with van der Waals surface area (Å²) in [5.41, 5.74) is -1.13. The minimum atomic E-state index is -2.76. The average Bonchev–Trinajstić information content (AvgIpc) is 2.09. The van der Waals surface area contributed by atoms with Crippen LogP contribution in [-0.4, -0.2) is 4.98 Å². The number of aromatic nitrogens is 1. The molecule has 0 aromatic carbocycles. The van der Waals surface area contributed by atoms with Crippen molar-refractivity contribution < 1.29 is 8.78 Å². The lowest BCUT2D eigenvalue weighted by Gasteiger charge is -2.05. The van der Waals surface area contributed by atoms with E-state index in [2.05, 4.69) is 4.98 Å². The van der Waals surface area contributed by atoms with Gasteiger partial charge in [-0.1, -0.05) is 0 Å². The molecule has 0 radical (unpaired) electrons. The van der Waals surface area contributed by atoms with Crippen molar-refractivity contribution in [3.05, 3.63) is 31.2 Å². The Bertz CT molecular complexity index is 436. The van der Waals surface area contributed by atoms with Gasteiger partial charge in [0.05, 0.1) is 21.9 Å². The highest BCUT2D eigenvalue weighted by Crippen LogP contribution is 2.19. The maximum Gasteiger partial charge on any atom is 0.278 e. The molecule has 14 heavy (non-hydrogen) atoms. The summed E-state index contributed by atoms with van der Waals surface area (Å²) < 4.78 is 25.2. The number of halogens is 3. The smallest absolute Gasteiger partial charge is 0.278 e. The first kappa shape index (κ1) is 11.1. The molecular formula is C8H5F2IN2O. The first-order valence-electron chi connectivity index (χ1n) is 3.63. The van der Waals surface area contributed by atoms with Crippen molar-refractivity contribution in [1.29, 1.82) is 5.26 Å². The first-order valence-corrected chi connectivity index (χ1v) is 4.71. The van der Waals surface area contributed by atoms with Gasteiger partial charge in [-0.25, -0.2) is 8.78 Å². The fourth-order valence-electron chi connectivity index (χ4n) is 1.02. The fourth-order valence-corrected chi connectivity index (χ4v) is 1.60. The van der Waals surface area contributed by atoms with Crippen molar-refractivity contribution in [3.63, 3.8) is 0 Å². The largest absolute Gasteiger partial charge is 0.349 e. The van der Waals surface area contributed by atoms with E-state index in [1.807, 2.05) is 0 Å². The third-order valence-corrected chi connectivity index (χ3v) is 2.19. The standard InChI is InChI=1S/C8H5F2IN2O/c9-8(10)7-4(1-2-12)5(14)3-6(11)13-7/h3,8H,1H2,(H,13,14). The van der Waals surface area contributed by atoms with E-state index in [0.29, 0.717) is 3.70 Å². The molecule has 74 valence electrons. The third-order valence-electron chi connectivity index (χ3n) is 1.61. The molecule has 0 saturated carbocycles. The summed E-state index contributed by atoms with van der Waals surface area (Å²) in [4.78, 5) is 13.6. The van der Waals surface area contributed by atoms with Crippen LogP contribution < -0.4 is 5.43 Å². The van der Waals surface area contributed by atoms with Gasteiger partial charge in [-0.15, -0.1) is 0 Å². The maximum absolute atomic E-state index is 12.4. The van der Waals surface area contributed by atoms with E-state index in [9.17, 15) is 13.6 Å². The summed E-state index contributed by atoms with van der Waals surface area (Å²) in [5.74, 6) is 0. The minimum Gasteiger partial charge on any atom is -0.349 e. The lowest BCUT2D eigenvalue weighted by atomic mass is 10.1. The summed E-state index contributed by atoms with van der Waals surface area (Å²) in [7, 11) is 0. The monoisotopic (exact) mass is 310 g/mol. The predicted octanol–water partition coefficient (Wildman–Crippen LogP) is 1.98. The Labute approximate surface area is 91.9 Å². The Morgan fingerprint density at radius 2 is 2.29 bits per heavy atom. The first-order chi connectivity index (χ1) is 6.56. The quantitative estimate of drug-likeness (QED) is 0.671. The van der Waals surface area contributed by atoms with Gasteiger partial charge in [-0.3, -0.25) is 4.79 Å². The average molecular weight is 310 g/mol. The number of H-pyrrole nitrogens is 1. The van der Waals surface area contributed by atoms with E-state index in [0.717, 1.165) is 0 Å². The SMILES string of the molecule is N#CCc1c(C(F)F)[nH]c(I)cc1=O. The number of nitriles is 1. The van der Waals surface area contributed by atoms with E-state index in [-0.39, 0.29) is 12.0 Å². The molecular weight excluding hydrogens is 305 g/mol. The van der Waals surface area contributed by atoms with Crippen LogP contribution in [0.25, 0.3) is 0 Å². The second-order valence-corrected chi connectivity index (χ2v) is 3.67. The molecule has 1 heterocycles. The highest BCUT2D eigenvalue weighted by atomic mass is 127. The second kappa shape index (κ2) is 4.50. The normalized spacial score (nSPS) is 10.2. The van der Waals surface area contributed by atoms with E-state index >= 15 is 0 Å². The molecule has 0 aliphatic carbocycles. The third kappa shape index (κ3) is 2.29. The van der Waals surface area contributed by atoms with Gasteiger partial charge in [0.1, 0.15) is 0 Å². The summed E-state index contributed by atoms with van der Waals surface area (Å²) in [5, 5.41) is 8.37. The van der Waals surface area contributed by atoms with Gasteiger partial charge in [0, 0.05) is 11.6 Å². The number of nitrogens with one attached hydrogen (secondary N) is 1. The molecule has 1 aromatic rings. The number of pyridine rings is 1. The lowest BCUT2D eigenvalue weighted by molar-refractivity contribution is 0.144. The van der Waals surface area contributed by atoms with Crippen molar-refractivity contribution in [2.45, 2.75) is 12.8 Å². The Morgan fingerprint density at radius 3 is 2.79 bits per heavy atom. The topological polar surface area (TPSA) is 56.6 Å². The summed E-state index contributed by atoms with van der Waals surface area (Å²) in [6.45, 7) is 0. The van der Waals surface area contributed by atoms with Crippen molar-refractivity contribution >= 4 is 22.6 Å². The molecule has 6 heteroatoms. The molecule has 0 fully saturated rings. The van der Waals surface area contributed by atoms with Gasteiger partial charge in [-0.2, -0.15) is 5.26 Å². The highest BCUT2D eigenvalue weighted by molar-refractivity contribution is 14.1. The number of nitrogens with zero attached hydrogens (tertiary/aromatic N) is 1. The molecule has 3 nitrogen and oxygen atoms in total. The zero-order chi connectivity index (χ0) is 10.7. The number of hydrogen-bond acceptors (Lipinski definition) is 2.